The summed E-state index contributed by atoms with van der Waals surface area (Å²) in [7, 11) is 0. The van der Waals surface area contributed by atoms with Crippen molar-refractivity contribution < 1.29 is 4.74 Å². The van der Waals surface area contributed by atoms with Gasteiger partial charge in [0.05, 0.1) is 17.1 Å². The summed E-state index contributed by atoms with van der Waals surface area (Å²) in [5.41, 5.74) is 3.59. The maximum Gasteiger partial charge on any atom is 0.111 e. The summed E-state index contributed by atoms with van der Waals surface area (Å²) >= 11 is 5.94. The van der Waals surface area contributed by atoms with Crippen molar-refractivity contribution in [1.29, 1.82) is 0 Å². The number of para-hydroxylation sites is 1. The molecule has 3 rings (SSSR count). The molecule has 0 atom stereocenters. The summed E-state index contributed by atoms with van der Waals surface area (Å²) < 4.78 is 8.07. The van der Waals surface area contributed by atoms with E-state index in [1.165, 1.54) is 11.1 Å². The van der Waals surface area contributed by atoms with Crippen LogP contribution < -0.4 is 0 Å². The fourth-order valence-corrected chi connectivity index (χ4v) is 3.26. The van der Waals surface area contributed by atoms with E-state index >= 15 is 0 Å². The molecule has 0 radical (unpaired) electrons. The molecular formula is C16H21ClN2O. The highest BCUT2D eigenvalue weighted by Gasteiger charge is 2.33. The van der Waals surface area contributed by atoms with Crippen LogP contribution in [-0.4, -0.2) is 28.1 Å². The Balaban J connectivity index is 1.96. The average molecular weight is 293 g/mol. The molecule has 1 aliphatic carbocycles. The number of imidazole rings is 1. The van der Waals surface area contributed by atoms with Crippen LogP contribution in [0.1, 0.15) is 37.2 Å². The molecule has 2 aromatic rings. The fraction of sp³-hybridized carbons (Fsp3) is 0.562. The lowest BCUT2D eigenvalue weighted by Gasteiger charge is -2.37. The number of halogens is 1. The van der Waals surface area contributed by atoms with Crippen molar-refractivity contribution in [2.24, 2.45) is 0 Å². The van der Waals surface area contributed by atoms with Gasteiger partial charge in [0.25, 0.3) is 0 Å². The monoisotopic (exact) mass is 292 g/mol. The molecule has 20 heavy (non-hydrogen) atoms. The van der Waals surface area contributed by atoms with Crippen LogP contribution in [0, 0.1) is 6.92 Å². The Bertz CT molecular complexity index is 602. The van der Waals surface area contributed by atoms with E-state index in [0.29, 0.717) is 18.0 Å². The van der Waals surface area contributed by atoms with E-state index in [4.69, 9.17) is 21.3 Å². The first-order valence-electron chi connectivity index (χ1n) is 7.38. The van der Waals surface area contributed by atoms with Gasteiger partial charge in [0.15, 0.2) is 0 Å². The van der Waals surface area contributed by atoms with Crippen molar-refractivity contribution >= 4 is 22.6 Å². The van der Waals surface area contributed by atoms with Crippen LogP contribution in [0.25, 0.3) is 11.0 Å². The van der Waals surface area contributed by atoms with Gasteiger partial charge >= 0.3 is 0 Å². The predicted octanol–water partition coefficient (Wildman–Crippen LogP) is 3.87. The van der Waals surface area contributed by atoms with E-state index < -0.39 is 0 Å². The lowest BCUT2D eigenvalue weighted by Crippen LogP contribution is -2.34. The zero-order valence-electron chi connectivity index (χ0n) is 12.1. The molecule has 1 aromatic carbocycles. The number of aryl methyl sites for hydroxylation is 2. The van der Waals surface area contributed by atoms with E-state index in [-0.39, 0.29) is 0 Å². The van der Waals surface area contributed by atoms with Crippen molar-refractivity contribution in [3.8, 4) is 0 Å². The lowest BCUT2D eigenvalue weighted by molar-refractivity contribution is -0.0192. The quantitative estimate of drug-likeness (QED) is 0.782. The van der Waals surface area contributed by atoms with Crippen molar-refractivity contribution in [2.45, 2.75) is 45.3 Å². The molecule has 1 heterocycles. The summed E-state index contributed by atoms with van der Waals surface area (Å²) in [6.45, 7) is 4.98. The average Bonchev–Trinajstić information content (AvgIpc) is 2.74. The Hall–Kier alpha value is -1.06. The van der Waals surface area contributed by atoms with Gasteiger partial charge in [-0.3, -0.25) is 0 Å². The van der Waals surface area contributed by atoms with Crippen LogP contribution in [0.3, 0.4) is 0 Å². The van der Waals surface area contributed by atoms with E-state index in [2.05, 4.69) is 36.6 Å². The summed E-state index contributed by atoms with van der Waals surface area (Å²) in [5.74, 6) is 1.73. The highest BCUT2D eigenvalue weighted by atomic mass is 35.5. The zero-order valence-corrected chi connectivity index (χ0v) is 12.9. The van der Waals surface area contributed by atoms with Gasteiger partial charge in [-0.1, -0.05) is 12.1 Å². The number of fused-ring (bicyclic) bond motifs is 1. The van der Waals surface area contributed by atoms with Crippen LogP contribution >= 0.6 is 11.6 Å². The molecule has 0 aliphatic heterocycles. The van der Waals surface area contributed by atoms with E-state index in [1.807, 2.05) is 0 Å². The number of alkyl halides is 1. The van der Waals surface area contributed by atoms with Crippen molar-refractivity contribution in [3.05, 3.63) is 29.6 Å². The molecule has 1 aromatic heterocycles. The second-order valence-electron chi connectivity index (χ2n) is 5.48. The van der Waals surface area contributed by atoms with Gasteiger partial charge in [0, 0.05) is 24.9 Å². The smallest absolute Gasteiger partial charge is 0.111 e. The van der Waals surface area contributed by atoms with E-state index in [1.54, 1.807) is 0 Å². The first-order valence-corrected chi connectivity index (χ1v) is 7.92. The minimum Gasteiger partial charge on any atom is -0.378 e. The van der Waals surface area contributed by atoms with Crippen molar-refractivity contribution in [1.82, 2.24) is 9.55 Å². The Morgan fingerprint density at radius 3 is 2.90 bits per heavy atom. The van der Waals surface area contributed by atoms with Crippen LogP contribution in [0.4, 0.5) is 0 Å². The Labute approximate surface area is 124 Å². The van der Waals surface area contributed by atoms with Crippen LogP contribution in [0.2, 0.25) is 0 Å². The number of benzene rings is 1. The second-order valence-corrected chi connectivity index (χ2v) is 5.86. The molecule has 1 aliphatic rings. The van der Waals surface area contributed by atoms with Crippen molar-refractivity contribution in [3.63, 3.8) is 0 Å². The first kappa shape index (κ1) is 13.9. The molecule has 0 N–H and O–H groups in total. The van der Waals surface area contributed by atoms with Crippen LogP contribution in [0.15, 0.2) is 18.2 Å². The van der Waals surface area contributed by atoms with Gasteiger partial charge in [-0.05, 0) is 38.3 Å². The van der Waals surface area contributed by atoms with Crippen LogP contribution in [0.5, 0.6) is 0 Å². The predicted molar refractivity (Wildman–Crippen MR) is 82.6 cm³/mol. The maximum atomic E-state index is 5.94. The zero-order chi connectivity index (χ0) is 14.1. The number of ether oxygens (including phenoxy) is 1. The molecular weight excluding hydrogens is 272 g/mol. The number of nitrogens with zero attached hydrogens (tertiary/aromatic N) is 2. The molecule has 1 saturated carbocycles. The second kappa shape index (κ2) is 5.74. The molecule has 4 heteroatoms. The third-order valence-electron chi connectivity index (χ3n) is 4.15. The molecule has 0 saturated heterocycles. The number of hydrogen-bond donors (Lipinski definition) is 0. The third kappa shape index (κ3) is 2.33. The lowest BCUT2D eigenvalue weighted by atomic mass is 9.88. The SMILES string of the molecule is CCOC1CC(n2c(CCCl)nc3c(C)cccc32)C1. The maximum absolute atomic E-state index is 5.94. The summed E-state index contributed by atoms with van der Waals surface area (Å²) in [5, 5.41) is 0. The molecule has 1 fully saturated rings. The summed E-state index contributed by atoms with van der Waals surface area (Å²) in [6.07, 6.45) is 3.41. The molecule has 0 unspecified atom stereocenters. The molecule has 0 spiro atoms. The topological polar surface area (TPSA) is 27.1 Å². The van der Waals surface area contributed by atoms with Crippen molar-refractivity contribution in [2.75, 3.05) is 12.5 Å². The largest absolute Gasteiger partial charge is 0.378 e. The van der Waals surface area contributed by atoms with Gasteiger partial charge in [0.1, 0.15) is 5.82 Å². The molecule has 0 bridgehead atoms. The Morgan fingerprint density at radius 2 is 2.20 bits per heavy atom. The number of hydrogen-bond acceptors (Lipinski definition) is 2. The Morgan fingerprint density at radius 1 is 1.40 bits per heavy atom. The standard InChI is InChI=1S/C16H21ClN2O/c1-3-20-13-9-12(10-13)19-14-6-4-5-11(2)16(14)18-15(19)7-8-17/h4-6,12-13H,3,7-10H2,1-2H3. The van der Waals surface area contributed by atoms with Gasteiger partial charge in [-0.2, -0.15) is 0 Å². The molecule has 0 amide bonds. The van der Waals surface area contributed by atoms with E-state index in [9.17, 15) is 0 Å². The number of aromatic nitrogens is 2. The van der Waals surface area contributed by atoms with E-state index in [0.717, 1.165) is 37.2 Å². The highest BCUT2D eigenvalue weighted by Crippen LogP contribution is 2.38. The minimum absolute atomic E-state index is 0.413. The fourth-order valence-electron chi connectivity index (χ4n) is 3.09. The van der Waals surface area contributed by atoms with Gasteiger partial charge in [-0.25, -0.2) is 4.98 Å². The van der Waals surface area contributed by atoms with Gasteiger partial charge in [-0.15, -0.1) is 11.6 Å². The summed E-state index contributed by atoms with van der Waals surface area (Å²) in [4.78, 5) is 4.81. The first-order chi connectivity index (χ1) is 9.74. The normalized spacial score (nSPS) is 22.1. The number of rotatable bonds is 5. The minimum atomic E-state index is 0.413. The Kier molecular flexibility index (Phi) is 3.99. The summed E-state index contributed by atoms with van der Waals surface area (Å²) in [6, 6.07) is 6.91. The molecule has 3 nitrogen and oxygen atoms in total. The van der Waals surface area contributed by atoms with Gasteiger partial charge in [0.2, 0.25) is 0 Å². The third-order valence-corrected chi connectivity index (χ3v) is 4.34. The van der Waals surface area contributed by atoms with Gasteiger partial charge < -0.3 is 9.30 Å². The van der Waals surface area contributed by atoms with Crippen LogP contribution in [-0.2, 0) is 11.2 Å². The molecule has 108 valence electrons. The highest BCUT2D eigenvalue weighted by molar-refractivity contribution is 6.17.